The van der Waals surface area contributed by atoms with E-state index >= 15 is 0 Å². The Balaban J connectivity index is 1.39. The van der Waals surface area contributed by atoms with Crippen LogP contribution in [0.3, 0.4) is 0 Å². The van der Waals surface area contributed by atoms with Crippen LogP contribution in [0.25, 0.3) is 5.65 Å². The number of carbonyl (C=O) groups excluding carboxylic acids is 1. The number of fused-ring (bicyclic) bond motifs is 1. The summed E-state index contributed by atoms with van der Waals surface area (Å²) in [7, 11) is 0. The van der Waals surface area contributed by atoms with E-state index < -0.39 is 0 Å². The lowest BCUT2D eigenvalue weighted by Crippen LogP contribution is -2.31. The Kier molecular flexibility index (Phi) is 5.31. The zero-order valence-corrected chi connectivity index (χ0v) is 18.2. The maximum atomic E-state index is 13.5. The molecule has 1 fully saturated rings. The summed E-state index contributed by atoms with van der Waals surface area (Å²) in [4.78, 5) is 19.6. The Morgan fingerprint density at radius 3 is 2.75 bits per heavy atom. The largest absolute Gasteiger partial charge is 0.488 e. The average molecular weight is 428 g/mol. The third-order valence-corrected chi connectivity index (χ3v) is 5.97. The molecular weight excluding hydrogens is 402 g/mol. The average Bonchev–Trinajstić information content (AvgIpc) is 3.45. The first kappa shape index (κ1) is 20.2. The van der Waals surface area contributed by atoms with Gasteiger partial charge in [-0.3, -0.25) is 14.2 Å². The van der Waals surface area contributed by atoms with Gasteiger partial charge in [-0.15, -0.1) is 10.2 Å². The van der Waals surface area contributed by atoms with E-state index in [0.29, 0.717) is 18.7 Å². The van der Waals surface area contributed by atoms with Crippen molar-refractivity contribution >= 4 is 11.6 Å². The number of hydrogen-bond acceptors (Lipinski definition) is 5. The molecule has 7 nitrogen and oxygen atoms in total. The van der Waals surface area contributed by atoms with Gasteiger partial charge in [0.05, 0.1) is 6.04 Å². The predicted molar refractivity (Wildman–Crippen MR) is 120 cm³/mol. The quantitative estimate of drug-likeness (QED) is 0.475. The minimum absolute atomic E-state index is 0.0187. The minimum Gasteiger partial charge on any atom is -0.488 e. The van der Waals surface area contributed by atoms with E-state index in [1.165, 1.54) is 0 Å². The summed E-state index contributed by atoms with van der Waals surface area (Å²) < 4.78 is 8.03. The first-order valence-electron chi connectivity index (χ1n) is 10.9. The van der Waals surface area contributed by atoms with Gasteiger partial charge in [-0.05, 0) is 68.1 Å². The maximum Gasteiger partial charge on any atom is 0.254 e. The second-order valence-corrected chi connectivity index (χ2v) is 8.23. The standard InChI is InChI=1S/C25H25N5O2/c1-17-13-20(14-18(2)23(17)32-16-19-7-5-10-26-15-19)25(31)29-12-6-8-21(29)24-28-27-22-9-3-4-11-30(22)24/h3-5,7,9-11,13-15,21H,6,8,12,16H2,1-2H3. The van der Waals surface area contributed by atoms with Gasteiger partial charge in [-0.25, -0.2) is 0 Å². The number of pyridine rings is 2. The number of rotatable bonds is 5. The Morgan fingerprint density at radius 2 is 1.97 bits per heavy atom. The van der Waals surface area contributed by atoms with Gasteiger partial charge in [0.2, 0.25) is 0 Å². The lowest BCUT2D eigenvalue weighted by Gasteiger charge is -2.24. The fourth-order valence-electron chi connectivity index (χ4n) is 4.47. The zero-order valence-electron chi connectivity index (χ0n) is 18.2. The van der Waals surface area contributed by atoms with Crippen molar-refractivity contribution < 1.29 is 9.53 Å². The minimum atomic E-state index is -0.0815. The van der Waals surface area contributed by atoms with Crippen molar-refractivity contribution in [3.8, 4) is 5.75 Å². The molecule has 0 spiro atoms. The normalized spacial score (nSPS) is 15.9. The fraction of sp³-hybridized carbons (Fsp3) is 0.280. The molecule has 4 heterocycles. The van der Waals surface area contributed by atoms with Crippen molar-refractivity contribution in [3.63, 3.8) is 0 Å². The molecule has 1 saturated heterocycles. The maximum absolute atomic E-state index is 13.5. The number of carbonyl (C=O) groups is 1. The van der Waals surface area contributed by atoms with Gasteiger partial charge < -0.3 is 9.64 Å². The highest BCUT2D eigenvalue weighted by Crippen LogP contribution is 2.34. The van der Waals surface area contributed by atoms with Crippen molar-refractivity contribution in [1.29, 1.82) is 0 Å². The highest BCUT2D eigenvalue weighted by molar-refractivity contribution is 5.95. The van der Waals surface area contributed by atoms with Crippen molar-refractivity contribution in [1.82, 2.24) is 24.5 Å². The number of nitrogens with zero attached hydrogens (tertiary/aromatic N) is 5. The summed E-state index contributed by atoms with van der Waals surface area (Å²) in [5, 5.41) is 8.67. The van der Waals surface area contributed by atoms with Crippen LogP contribution in [0, 0.1) is 13.8 Å². The van der Waals surface area contributed by atoms with Gasteiger partial charge in [-0.2, -0.15) is 0 Å². The number of aromatic nitrogens is 4. The van der Waals surface area contributed by atoms with Gasteiger partial charge in [0.1, 0.15) is 12.4 Å². The molecule has 4 aromatic rings. The topological polar surface area (TPSA) is 72.6 Å². The van der Waals surface area contributed by atoms with Crippen molar-refractivity contribution in [2.45, 2.75) is 39.3 Å². The molecule has 0 saturated carbocycles. The van der Waals surface area contributed by atoms with E-state index in [4.69, 9.17) is 4.74 Å². The first-order valence-corrected chi connectivity index (χ1v) is 10.9. The molecule has 5 rings (SSSR count). The lowest BCUT2D eigenvalue weighted by atomic mass is 10.0. The molecule has 0 radical (unpaired) electrons. The molecule has 162 valence electrons. The third-order valence-electron chi connectivity index (χ3n) is 5.97. The Bertz CT molecular complexity index is 1240. The van der Waals surface area contributed by atoms with Crippen LogP contribution in [0.5, 0.6) is 5.75 Å². The molecule has 32 heavy (non-hydrogen) atoms. The lowest BCUT2D eigenvalue weighted by molar-refractivity contribution is 0.0729. The fourth-order valence-corrected chi connectivity index (χ4v) is 4.47. The van der Waals surface area contributed by atoms with Crippen LogP contribution in [-0.4, -0.2) is 36.9 Å². The molecule has 1 atom stereocenters. The van der Waals surface area contributed by atoms with Crippen molar-refractivity contribution in [3.05, 3.63) is 89.1 Å². The second-order valence-electron chi connectivity index (χ2n) is 8.23. The molecule has 1 aliphatic rings. The number of ether oxygens (including phenoxy) is 1. The van der Waals surface area contributed by atoms with Crippen molar-refractivity contribution in [2.24, 2.45) is 0 Å². The van der Waals surface area contributed by atoms with E-state index in [0.717, 1.165) is 46.8 Å². The number of hydrogen-bond donors (Lipinski definition) is 0. The molecular formula is C25H25N5O2. The van der Waals surface area contributed by atoms with Crippen LogP contribution >= 0.6 is 0 Å². The van der Waals surface area contributed by atoms with Gasteiger partial charge in [0.15, 0.2) is 11.5 Å². The summed E-state index contributed by atoms with van der Waals surface area (Å²) in [5.41, 5.74) is 4.37. The van der Waals surface area contributed by atoms with Crippen LogP contribution in [0.4, 0.5) is 0 Å². The number of benzene rings is 1. The van der Waals surface area contributed by atoms with Gasteiger partial charge >= 0.3 is 0 Å². The number of amides is 1. The smallest absolute Gasteiger partial charge is 0.254 e. The Labute approximate surface area is 186 Å². The van der Waals surface area contributed by atoms with Crippen LogP contribution in [0.1, 0.15) is 51.8 Å². The molecule has 1 aromatic carbocycles. The summed E-state index contributed by atoms with van der Waals surface area (Å²) in [5.74, 6) is 1.65. The molecule has 1 amide bonds. The van der Waals surface area contributed by atoms with E-state index in [-0.39, 0.29) is 11.9 Å². The summed E-state index contributed by atoms with van der Waals surface area (Å²) in [6.07, 6.45) is 7.32. The molecule has 3 aromatic heterocycles. The predicted octanol–water partition coefficient (Wildman–Crippen LogP) is 4.30. The van der Waals surface area contributed by atoms with Gasteiger partial charge in [-0.1, -0.05) is 12.1 Å². The van der Waals surface area contributed by atoms with Crippen LogP contribution in [0.15, 0.2) is 61.1 Å². The van der Waals surface area contributed by atoms with E-state index in [2.05, 4.69) is 15.2 Å². The molecule has 0 aliphatic carbocycles. The van der Waals surface area contributed by atoms with Gasteiger partial charge in [0.25, 0.3) is 5.91 Å². The summed E-state index contributed by atoms with van der Waals surface area (Å²) in [6, 6.07) is 13.5. The van der Waals surface area contributed by atoms with Crippen LogP contribution in [0.2, 0.25) is 0 Å². The van der Waals surface area contributed by atoms with E-state index in [1.54, 1.807) is 12.4 Å². The number of likely N-dealkylation sites (tertiary alicyclic amines) is 1. The molecule has 1 aliphatic heterocycles. The van der Waals surface area contributed by atoms with Crippen LogP contribution < -0.4 is 4.74 Å². The number of aryl methyl sites for hydroxylation is 2. The monoisotopic (exact) mass is 427 g/mol. The molecule has 7 heteroatoms. The Morgan fingerprint density at radius 1 is 1.12 bits per heavy atom. The SMILES string of the molecule is Cc1cc(C(=O)N2CCCC2c2nnc3ccccn23)cc(C)c1OCc1cccnc1. The zero-order chi connectivity index (χ0) is 22.1. The second kappa shape index (κ2) is 8.42. The first-order chi connectivity index (χ1) is 15.6. The highest BCUT2D eigenvalue weighted by atomic mass is 16.5. The van der Waals surface area contributed by atoms with E-state index in [1.807, 2.05) is 71.8 Å². The third kappa shape index (κ3) is 3.70. The van der Waals surface area contributed by atoms with E-state index in [9.17, 15) is 4.79 Å². The summed E-state index contributed by atoms with van der Waals surface area (Å²) >= 11 is 0. The molecule has 1 unspecified atom stereocenters. The molecule has 0 N–H and O–H groups in total. The highest BCUT2D eigenvalue weighted by Gasteiger charge is 2.34. The van der Waals surface area contributed by atoms with Gasteiger partial charge in [0, 0.05) is 36.3 Å². The van der Waals surface area contributed by atoms with Crippen molar-refractivity contribution in [2.75, 3.05) is 6.54 Å². The molecule has 0 bridgehead atoms. The van der Waals surface area contributed by atoms with Crippen LogP contribution in [-0.2, 0) is 6.61 Å². The Hall–Kier alpha value is -3.74. The summed E-state index contributed by atoms with van der Waals surface area (Å²) in [6.45, 7) is 5.12.